The molecule has 0 saturated carbocycles. The van der Waals surface area contributed by atoms with Crippen LogP contribution in [0.5, 0.6) is 0 Å². The lowest BCUT2D eigenvalue weighted by Crippen LogP contribution is -2.47. The van der Waals surface area contributed by atoms with Crippen LogP contribution in [0.25, 0.3) is 0 Å². The summed E-state index contributed by atoms with van der Waals surface area (Å²) in [6, 6.07) is 0.937. The Labute approximate surface area is 169 Å². The van der Waals surface area contributed by atoms with Gasteiger partial charge in [0.25, 0.3) is 6.43 Å². The zero-order valence-electron chi connectivity index (χ0n) is 15.7. The maximum absolute atomic E-state index is 14.9. The van der Waals surface area contributed by atoms with E-state index in [9.17, 15) is 30.8 Å². The second-order valence-electron chi connectivity index (χ2n) is 6.74. The van der Waals surface area contributed by atoms with Crippen LogP contribution in [0, 0.1) is 5.92 Å². The molecule has 2 aromatic rings. The number of sulfone groups is 1. The van der Waals surface area contributed by atoms with Crippen LogP contribution in [0.1, 0.15) is 25.0 Å². The average molecular weight is 450 g/mol. The number of aromatic nitrogens is 4. The van der Waals surface area contributed by atoms with Crippen LogP contribution in [0.4, 0.5) is 28.0 Å². The third-order valence-electron chi connectivity index (χ3n) is 4.77. The highest BCUT2D eigenvalue weighted by atomic mass is 32.2. The van der Waals surface area contributed by atoms with Crippen LogP contribution in [0.15, 0.2) is 29.6 Å². The van der Waals surface area contributed by atoms with Crippen molar-refractivity contribution >= 4 is 21.6 Å². The Hall–Kier alpha value is -2.77. The molecule has 0 spiro atoms. The Morgan fingerprint density at radius 3 is 2.50 bits per heavy atom. The summed E-state index contributed by atoms with van der Waals surface area (Å²) in [7, 11) is -4.25. The molecule has 164 valence electrons. The molecule has 0 aromatic carbocycles. The van der Waals surface area contributed by atoms with Crippen molar-refractivity contribution in [3.05, 3.63) is 30.4 Å². The number of hydrogen-bond donors (Lipinski definition) is 1. The first-order chi connectivity index (χ1) is 14.0. The summed E-state index contributed by atoms with van der Waals surface area (Å²) >= 11 is 0. The van der Waals surface area contributed by atoms with Crippen molar-refractivity contribution in [1.29, 1.82) is 0 Å². The molecule has 9 nitrogen and oxygen atoms in total. The Morgan fingerprint density at radius 1 is 1.27 bits per heavy atom. The van der Waals surface area contributed by atoms with Crippen LogP contribution >= 0.6 is 0 Å². The van der Waals surface area contributed by atoms with Gasteiger partial charge >= 0.3 is 11.3 Å². The zero-order valence-corrected chi connectivity index (χ0v) is 16.5. The first-order valence-corrected chi connectivity index (χ1v) is 10.3. The van der Waals surface area contributed by atoms with E-state index in [0.717, 1.165) is 4.68 Å². The molecule has 2 aromatic heterocycles. The summed E-state index contributed by atoms with van der Waals surface area (Å²) in [5.41, 5.74) is -0.846. The number of carbonyl (C=O) groups excluding carboxylic acids is 1. The van der Waals surface area contributed by atoms with E-state index in [1.54, 1.807) is 0 Å². The minimum atomic E-state index is -5.41. The summed E-state index contributed by atoms with van der Waals surface area (Å²) in [4.78, 5) is 12.3. The number of amides is 2. The van der Waals surface area contributed by atoms with Gasteiger partial charge < -0.3 is 10.2 Å². The number of likely N-dealkylation sites (tertiary alicyclic amines) is 1. The van der Waals surface area contributed by atoms with E-state index in [-0.39, 0.29) is 25.9 Å². The number of nitrogens with zero attached hydrogens (tertiary/aromatic N) is 5. The number of nitrogens with one attached hydrogen (secondary N) is 1. The van der Waals surface area contributed by atoms with Gasteiger partial charge in [-0.15, -0.1) is 0 Å². The molecule has 0 atom stereocenters. The third-order valence-corrected chi connectivity index (χ3v) is 6.71. The molecule has 30 heavy (non-hydrogen) atoms. The molecule has 3 rings (SSSR count). The van der Waals surface area contributed by atoms with Gasteiger partial charge in [0, 0.05) is 32.3 Å². The molecule has 1 saturated heterocycles. The number of halogens is 4. The number of rotatable bonds is 5. The van der Waals surface area contributed by atoms with Crippen LogP contribution in [-0.2, 0) is 16.9 Å². The molecule has 0 aliphatic carbocycles. The minimum Gasteiger partial charge on any atom is -0.325 e. The van der Waals surface area contributed by atoms with Gasteiger partial charge in [0.15, 0.2) is 0 Å². The van der Waals surface area contributed by atoms with Gasteiger partial charge in [-0.3, -0.25) is 4.68 Å². The largest absolute Gasteiger partial charge is 0.353 e. The van der Waals surface area contributed by atoms with E-state index < -0.39 is 44.1 Å². The lowest BCUT2D eigenvalue weighted by molar-refractivity contribution is 0.000233. The molecule has 1 fully saturated rings. The monoisotopic (exact) mass is 450 g/mol. The predicted molar refractivity (Wildman–Crippen MR) is 95.6 cm³/mol. The van der Waals surface area contributed by atoms with Crippen molar-refractivity contribution in [2.75, 3.05) is 18.4 Å². The molecule has 0 radical (unpaired) electrons. The first-order valence-electron chi connectivity index (χ1n) is 8.80. The second kappa shape index (κ2) is 8.16. The highest BCUT2D eigenvalue weighted by Gasteiger charge is 2.55. The van der Waals surface area contributed by atoms with Gasteiger partial charge in [-0.2, -0.15) is 24.1 Å². The van der Waals surface area contributed by atoms with E-state index in [2.05, 4.69) is 20.6 Å². The Balaban J connectivity index is 1.72. The molecule has 3 heterocycles. The summed E-state index contributed by atoms with van der Waals surface area (Å²) in [5, 5.41) is 8.68. The normalized spacial score (nSPS) is 16.1. The molecule has 1 aliphatic rings. The molecular formula is C16H18F4N6O3S. The van der Waals surface area contributed by atoms with Crippen LogP contribution in [0.2, 0.25) is 0 Å². The number of hydrogen-bond acceptors (Lipinski definition) is 6. The fourth-order valence-electron chi connectivity index (χ4n) is 3.19. The number of piperidine rings is 1. The van der Waals surface area contributed by atoms with Crippen molar-refractivity contribution in [1.82, 2.24) is 24.9 Å². The maximum atomic E-state index is 14.9. The third kappa shape index (κ3) is 4.08. The smallest absolute Gasteiger partial charge is 0.325 e. The van der Waals surface area contributed by atoms with Crippen molar-refractivity contribution in [3.63, 3.8) is 0 Å². The highest BCUT2D eigenvalue weighted by Crippen LogP contribution is 2.42. The highest BCUT2D eigenvalue weighted by molar-refractivity contribution is 7.92. The van der Waals surface area contributed by atoms with Crippen molar-refractivity contribution in [2.45, 2.75) is 29.4 Å². The number of anilines is 1. The second-order valence-corrected chi connectivity index (χ2v) is 8.73. The fourth-order valence-corrected chi connectivity index (χ4v) is 4.86. The predicted octanol–water partition coefficient (Wildman–Crippen LogP) is 2.46. The Bertz CT molecular complexity index is 1010. The number of aryl methyl sites for hydroxylation is 1. The Morgan fingerprint density at radius 2 is 1.93 bits per heavy atom. The molecule has 2 amide bonds. The van der Waals surface area contributed by atoms with Crippen LogP contribution < -0.4 is 5.32 Å². The summed E-state index contributed by atoms with van der Waals surface area (Å²) in [6.45, 7) is -0.260. The van der Waals surface area contributed by atoms with E-state index in [1.807, 2.05) is 0 Å². The fraction of sp³-hybridized carbons (Fsp3) is 0.500. The van der Waals surface area contributed by atoms with Crippen LogP contribution in [0.3, 0.4) is 0 Å². The first kappa shape index (κ1) is 21.9. The topological polar surface area (TPSA) is 110 Å². The maximum Gasteiger partial charge on any atom is 0.353 e. The molecule has 0 bridgehead atoms. The van der Waals surface area contributed by atoms with Crippen molar-refractivity contribution < 1.29 is 30.8 Å². The minimum absolute atomic E-state index is 0.130. The van der Waals surface area contributed by atoms with Crippen molar-refractivity contribution in [3.8, 4) is 0 Å². The van der Waals surface area contributed by atoms with Gasteiger partial charge in [0.2, 0.25) is 9.84 Å². The van der Waals surface area contributed by atoms with E-state index in [0.29, 0.717) is 11.9 Å². The van der Waals surface area contributed by atoms with Gasteiger partial charge in [-0.05, 0) is 18.9 Å². The van der Waals surface area contributed by atoms with Crippen LogP contribution in [-0.4, -0.2) is 57.7 Å². The Kier molecular flexibility index (Phi) is 5.97. The lowest BCUT2D eigenvalue weighted by atomic mass is 9.97. The van der Waals surface area contributed by atoms with Gasteiger partial charge in [0.1, 0.15) is 10.6 Å². The lowest BCUT2D eigenvalue weighted by Gasteiger charge is -2.35. The average Bonchev–Trinajstić information content (AvgIpc) is 3.11. The quantitative estimate of drug-likeness (QED) is 0.701. The standard InChI is InChI=1S/C16H18F4N6O3S/c1-25-9-12(13(24-25)14(17)18)30(28,29)16(19,20)10-3-6-26(7-4-10)15(27)23-11-2-5-21-22-8-11/h2,5,8-10,14H,3-4,6-7H2,1H3,(H,21,23,27). The van der Waals surface area contributed by atoms with E-state index in [4.69, 9.17) is 0 Å². The summed E-state index contributed by atoms with van der Waals surface area (Å²) < 4.78 is 81.7. The molecule has 1 aliphatic heterocycles. The van der Waals surface area contributed by atoms with Gasteiger partial charge in [0.05, 0.1) is 18.1 Å². The van der Waals surface area contributed by atoms with Crippen molar-refractivity contribution in [2.24, 2.45) is 13.0 Å². The SMILES string of the molecule is Cn1cc(S(=O)(=O)C(F)(F)C2CCN(C(=O)Nc3ccnnc3)CC2)c(C(F)F)n1. The molecular weight excluding hydrogens is 432 g/mol. The molecule has 1 N–H and O–H groups in total. The van der Waals surface area contributed by atoms with Gasteiger partial charge in [-0.1, -0.05) is 0 Å². The number of alkyl halides is 4. The number of urea groups is 1. The number of carbonyl (C=O) groups is 1. The van der Waals surface area contributed by atoms with E-state index >= 15 is 0 Å². The van der Waals surface area contributed by atoms with Gasteiger partial charge in [-0.25, -0.2) is 22.0 Å². The van der Waals surface area contributed by atoms with E-state index in [1.165, 1.54) is 30.4 Å². The molecule has 14 heteroatoms. The summed E-state index contributed by atoms with van der Waals surface area (Å²) in [6.07, 6.45) is -0.647. The molecule has 0 unspecified atom stereocenters. The summed E-state index contributed by atoms with van der Waals surface area (Å²) in [5.74, 6) is -1.64. The zero-order chi connectivity index (χ0) is 22.1.